The molecule has 1 fully saturated rings. The molecule has 0 aromatic carbocycles. The van der Waals surface area contributed by atoms with Gasteiger partial charge < -0.3 is 20.1 Å². The smallest absolute Gasteiger partial charge is 0.213 e. The highest BCUT2D eigenvalue weighted by Gasteiger charge is 2.23. The number of β-amino-alcohol motifs (C(OH)–C–C–N with tert-alkyl or cyclic N) is 1. The Balaban J connectivity index is 1.32. The van der Waals surface area contributed by atoms with Crippen LogP contribution in [-0.2, 0) is 0 Å². The van der Waals surface area contributed by atoms with E-state index in [1.165, 1.54) is 5.71 Å². The lowest BCUT2D eigenvalue weighted by molar-refractivity contribution is 0.0954. The number of aromatic nitrogens is 2. The molecular weight excluding hydrogens is 366 g/mol. The van der Waals surface area contributed by atoms with Crippen LogP contribution in [0, 0.1) is 0 Å². The van der Waals surface area contributed by atoms with Crippen LogP contribution in [-0.4, -0.2) is 65.0 Å². The Morgan fingerprint density at radius 3 is 2.90 bits per heavy atom. The highest BCUT2D eigenvalue weighted by Crippen LogP contribution is 2.25. The molecule has 2 N–H and O–H groups in total. The van der Waals surface area contributed by atoms with Crippen molar-refractivity contribution in [3.8, 4) is 5.88 Å². The molecule has 7 nitrogen and oxygen atoms in total. The fourth-order valence-electron chi connectivity index (χ4n) is 4.02. The van der Waals surface area contributed by atoms with Gasteiger partial charge in [-0.15, -0.1) is 0 Å². The summed E-state index contributed by atoms with van der Waals surface area (Å²) in [5, 5.41) is 14.5. The second-order valence-electron chi connectivity index (χ2n) is 7.71. The number of piperidine rings is 1. The Morgan fingerprint density at radius 1 is 1.28 bits per heavy atom. The molecule has 0 amide bonds. The normalized spacial score (nSPS) is 19.3. The van der Waals surface area contributed by atoms with Crippen molar-refractivity contribution in [3.63, 3.8) is 0 Å². The zero-order valence-electron chi connectivity index (χ0n) is 16.9. The van der Waals surface area contributed by atoms with Gasteiger partial charge in [-0.3, -0.25) is 9.98 Å². The first-order valence-electron chi connectivity index (χ1n) is 10.4. The predicted octanol–water partition coefficient (Wildman–Crippen LogP) is 2.47. The topological polar surface area (TPSA) is 82.9 Å². The summed E-state index contributed by atoms with van der Waals surface area (Å²) in [6.45, 7) is 3.43. The van der Waals surface area contributed by atoms with Gasteiger partial charge in [-0.05, 0) is 50.9 Å². The first-order valence-corrected chi connectivity index (χ1v) is 10.4. The standard InChI is InChI=1S/C22H29N5O2/c1-29-21-6-5-19-22(26-21)18(7-11-24-19)20(28)15-27-12-8-16(9-13-27)25-14-17-4-2-3-10-23-17/h3,5-7,10-11,16,20,25,28H,2,4,8-9,12-15H2,1H3/t20-/m0/s1. The number of aliphatic hydroxyl groups excluding tert-OH is 1. The quantitative estimate of drug-likeness (QED) is 0.749. The molecule has 2 aromatic heterocycles. The lowest BCUT2D eigenvalue weighted by atomic mass is 10.0. The average Bonchev–Trinajstić information content (AvgIpc) is 2.78. The summed E-state index contributed by atoms with van der Waals surface area (Å²) in [6.07, 6.45) is 9.48. The Hall–Kier alpha value is -2.35. The summed E-state index contributed by atoms with van der Waals surface area (Å²) < 4.78 is 5.24. The number of likely N-dealkylation sites (tertiary alicyclic amines) is 1. The third-order valence-electron chi connectivity index (χ3n) is 5.73. The Labute approximate surface area is 171 Å². The number of pyridine rings is 2. The number of ether oxygens (including phenoxy) is 1. The highest BCUT2D eigenvalue weighted by atomic mass is 16.5. The van der Waals surface area contributed by atoms with Crippen LogP contribution in [0.1, 0.15) is 37.4 Å². The third-order valence-corrected chi connectivity index (χ3v) is 5.73. The van der Waals surface area contributed by atoms with Crippen LogP contribution >= 0.6 is 0 Å². The van der Waals surface area contributed by atoms with Crippen molar-refractivity contribution in [2.75, 3.05) is 33.3 Å². The minimum absolute atomic E-state index is 0.518. The number of nitrogens with zero attached hydrogens (tertiary/aromatic N) is 4. The Morgan fingerprint density at radius 2 is 2.14 bits per heavy atom. The number of hydrogen-bond acceptors (Lipinski definition) is 7. The molecular formula is C22H29N5O2. The molecule has 0 saturated carbocycles. The van der Waals surface area contributed by atoms with Crippen molar-refractivity contribution in [1.82, 2.24) is 20.2 Å². The van der Waals surface area contributed by atoms with Crippen LogP contribution in [0.4, 0.5) is 0 Å². The molecule has 4 rings (SSSR count). The summed E-state index contributed by atoms with van der Waals surface area (Å²) >= 11 is 0. The number of fused-ring (bicyclic) bond motifs is 1. The van der Waals surface area contributed by atoms with E-state index < -0.39 is 6.10 Å². The van der Waals surface area contributed by atoms with E-state index in [4.69, 9.17) is 4.74 Å². The molecule has 0 unspecified atom stereocenters. The van der Waals surface area contributed by atoms with E-state index in [1.807, 2.05) is 18.3 Å². The molecule has 0 spiro atoms. The zero-order chi connectivity index (χ0) is 20.1. The van der Waals surface area contributed by atoms with Gasteiger partial charge in [-0.2, -0.15) is 0 Å². The molecule has 2 aromatic rings. The van der Waals surface area contributed by atoms with E-state index in [1.54, 1.807) is 19.4 Å². The third kappa shape index (κ3) is 4.98. The van der Waals surface area contributed by atoms with Crippen LogP contribution < -0.4 is 10.1 Å². The first-order chi connectivity index (χ1) is 14.2. The molecule has 2 aliphatic heterocycles. The van der Waals surface area contributed by atoms with Crippen molar-refractivity contribution >= 4 is 16.7 Å². The maximum atomic E-state index is 10.9. The second-order valence-corrected chi connectivity index (χ2v) is 7.71. The SMILES string of the molecule is COc1ccc2nccc([C@@H](O)CN3CCC(NCC4=NC=CCC4)CC3)c2n1. The average molecular weight is 396 g/mol. The monoisotopic (exact) mass is 395 g/mol. The van der Waals surface area contributed by atoms with Gasteiger partial charge >= 0.3 is 0 Å². The van der Waals surface area contributed by atoms with Gasteiger partial charge in [0.25, 0.3) is 0 Å². The van der Waals surface area contributed by atoms with Crippen molar-refractivity contribution in [1.29, 1.82) is 0 Å². The number of nitrogens with one attached hydrogen (secondary N) is 1. The van der Waals surface area contributed by atoms with Gasteiger partial charge in [0.15, 0.2) is 0 Å². The van der Waals surface area contributed by atoms with Crippen molar-refractivity contribution in [2.24, 2.45) is 4.99 Å². The van der Waals surface area contributed by atoms with Crippen molar-refractivity contribution in [2.45, 2.75) is 37.8 Å². The molecule has 154 valence electrons. The Kier molecular flexibility index (Phi) is 6.49. The lowest BCUT2D eigenvalue weighted by Gasteiger charge is -2.33. The van der Waals surface area contributed by atoms with Crippen molar-refractivity contribution in [3.05, 3.63) is 42.2 Å². The maximum Gasteiger partial charge on any atom is 0.213 e. The van der Waals surface area contributed by atoms with E-state index in [0.717, 1.165) is 56.4 Å². The number of hydrogen-bond donors (Lipinski definition) is 2. The highest BCUT2D eigenvalue weighted by molar-refractivity contribution is 5.87. The molecule has 29 heavy (non-hydrogen) atoms. The lowest BCUT2D eigenvalue weighted by Crippen LogP contribution is -2.45. The van der Waals surface area contributed by atoms with Crippen molar-refractivity contribution < 1.29 is 9.84 Å². The van der Waals surface area contributed by atoms with Crippen LogP contribution in [0.5, 0.6) is 5.88 Å². The molecule has 7 heteroatoms. The van der Waals surface area contributed by atoms with Gasteiger partial charge in [0.05, 0.1) is 24.2 Å². The van der Waals surface area contributed by atoms with Crippen LogP contribution in [0.25, 0.3) is 11.0 Å². The number of rotatable bonds is 7. The molecule has 1 atom stereocenters. The second kappa shape index (κ2) is 9.43. The molecule has 4 heterocycles. The minimum Gasteiger partial charge on any atom is -0.481 e. The number of aliphatic hydroxyl groups is 1. The summed E-state index contributed by atoms with van der Waals surface area (Å²) in [5.41, 5.74) is 3.53. The number of methoxy groups -OCH3 is 1. The number of aliphatic imine (C=N–C) groups is 1. The van der Waals surface area contributed by atoms with E-state index >= 15 is 0 Å². The molecule has 0 radical (unpaired) electrons. The van der Waals surface area contributed by atoms with E-state index in [2.05, 4.69) is 31.3 Å². The van der Waals surface area contributed by atoms with Crippen LogP contribution in [0.3, 0.4) is 0 Å². The van der Waals surface area contributed by atoms with E-state index in [9.17, 15) is 5.11 Å². The minimum atomic E-state index is -0.604. The van der Waals surface area contributed by atoms with Crippen LogP contribution in [0.2, 0.25) is 0 Å². The largest absolute Gasteiger partial charge is 0.481 e. The Bertz CT molecular complexity index is 890. The van der Waals surface area contributed by atoms with E-state index in [0.29, 0.717) is 24.0 Å². The summed E-state index contributed by atoms with van der Waals surface area (Å²) in [7, 11) is 1.59. The van der Waals surface area contributed by atoms with Gasteiger partial charge in [0.1, 0.15) is 0 Å². The zero-order valence-corrected chi connectivity index (χ0v) is 16.9. The number of allylic oxidation sites excluding steroid dienone is 1. The van der Waals surface area contributed by atoms with Gasteiger partial charge in [-0.1, -0.05) is 6.08 Å². The molecule has 2 aliphatic rings. The van der Waals surface area contributed by atoms with Gasteiger partial charge in [-0.25, -0.2) is 4.98 Å². The van der Waals surface area contributed by atoms with Gasteiger partial charge in [0.2, 0.25) is 5.88 Å². The molecule has 1 saturated heterocycles. The van der Waals surface area contributed by atoms with E-state index in [-0.39, 0.29) is 0 Å². The maximum absolute atomic E-state index is 10.9. The fraction of sp³-hybridized carbons (Fsp3) is 0.500. The molecule has 0 bridgehead atoms. The first kappa shape index (κ1) is 19.9. The van der Waals surface area contributed by atoms with Gasteiger partial charge in [0, 0.05) is 48.9 Å². The fourth-order valence-corrected chi connectivity index (χ4v) is 4.02. The predicted molar refractivity (Wildman–Crippen MR) is 114 cm³/mol. The summed E-state index contributed by atoms with van der Waals surface area (Å²) in [4.78, 5) is 15.6. The summed E-state index contributed by atoms with van der Waals surface area (Å²) in [6, 6.07) is 6.04. The summed E-state index contributed by atoms with van der Waals surface area (Å²) in [5.74, 6) is 0.531. The van der Waals surface area contributed by atoms with Crippen LogP contribution in [0.15, 0.2) is 41.7 Å². The molecule has 0 aliphatic carbocycles.